The number of carbonyl (C=O) groups is 1. The Morgan fingerprint density at radius 2 is 2.43 bits per heavy atom. The van der Waals surface area contributed by atoms with Gasteiger partial charge >= 0.3 is 5.97 Å². The predicted molar refractivity (Wildman–Crippen MR) is 54.0 cm³/mol. The number of hydrogen-bond acceptors (Lipinski definition) is 4. The van der Waals surface area contributed by atoms with Gasteiger partial charge in [0, 0.05) is 6.54 Å². The highest BCUT2D eigenvalue weighted by atomic mass is 35.5. The molecule has 0 amide bonds. The molecule has 1 N–H and O–H groups in total. The molecule has 5 heteroatoms. The minimum atomic E-state index is -0.595. The summed E-state index contributed by atoms with van der Waals surface area (Å²) in [5.74, 6) is -0.263. The maximum Gasteiger partial charge on any atom is 0.314 e. The number of hydrogen-bond donors (Lipinski definition) is 1. The average molecular weight is 219 g/mol. The Morgan fingerprint density at radius 3 is 2.86 bits per heavy atom. The van der Waals surface area contributed by atoms with Crippen molar-refractivity contribution in [3.05, 3.63) is 0 Å². The Labute approximate surface area is 90.0 Å². The Morgan fingerprint density at radius 1 is 1.71 bits per heavy atom. The minimum absolute atomic E-state index is 0. The van der Waals surface area contributed by atoms with Crippen LogP contribution in [-0.4, -0.2) is 26.2 Å². The third-order valence-corrected chi connectivity index (χ3v) is 2.51. The van der Waals surface area contributed by atoms with Gasteiger partial charge in [0.25, 0.3) is 0 Å². The van der Waals surface area contributed by atoms with Gasteiger partial charge in [-0.25, -0.2) is 0 Å². The van der Waals surface area contributed by atoms with E-state index in [1.54, 1.807) is 0 Å². The first-order valence-corrected chi connectivity index (χ1v) is 4.41. The first-order chi connectivity index (χ1) is 6.25. The van der Waals surface area contributed by atoms with Crippen LogP contribution < -0.4 is 5.32 Å². The second kappa shape index (κ2) is 5.84. The number of nitrogens with one attached hydrogen (secondary N) is 1. The predicted octanol–water partition coefficient (Wildman–Crippen LogP) is 0.865. The summed E-state index contributed by atoms with van der Waals surface area (Å²) in [6.45, 7) is 1.48. The zero-order valence-corrected chi connectivity index (χ0v) is 9.02. The molecule has 1 atom stereocenters. The standard InChI is InChI=1S/C9H14N2O2.ClH/c1-13-8(12)9(4-5-10)3-2-6-11-7-9;/h11H,2-4,6-7H2,1H3;1H. The van der Waals surface area contributed by atoms with Gasteiger partial charge in [-0.05, 0) is 19.4 Å². The lowest BCUT2D eigenvalue weighted by atomic mass is 9.78. The first-order valence-electron chi connectivity index (χ1n) is 4.41. The summed E-state index contributed by atoms with van der Waals surface area (Å²) in [6.07, 6.45) is 1.92. The molecule has 14 heavy (non-hydrogen) atoms. The number of nitriles is 1. The molecule has 0 aliphatic carbocycles. The molecule has 0 radical (unpaired) electrons. The number of methoxy groups -OCH3 is 1. The van der Waals surface area contributed by atoms with Gasteiger partial charge in [0.15, 0.2) is 0 Å². The van der Waals surface area contributed by atoms with Crippen LogP contribution in [0.5, 0.6) is 0 Å². The molecule has 1 aliphatic rings. The molecule has 0 spiro atoms. The van der Waals surface area contributed by atoms with Gasteiger partial charge in [-0.1, -0.05) is 0 Å². The van der Waals surface area contributed by atoms with Gasteiger partial charge in [-0.15, -0.1) is 12.4 Å². The molecule has 1 unspecified atom stereocenters. The molecule has 4 nitrogen and oxygen atoms in total. The van der Waals surface area contributed by atoms with Crippen molar-refractivity contribution in [3.63, 3.8) is 0 Å². The van der Waals surface area contributed by atoms with Crippen molar-refractivity contribution in [2.45, 2.75) is 19.3 Å². The van der Waals surface area contributed by atoms with Crippen molar-refractivity contribution >= 4 is 18.4 Å². The van der Waals surface area contributed by atoms with Crippen molar-refractivity contribution in [1.82, 2.24) is 5.32 Å². The van der Waals surface area contributed by atoms with Crippen LogP contribution >= 0.6 is 12.4 Å². The molecule has 1 rings (SSSR count). The van der Waals surface area contributed by atoms with Crippen molar-refractivity contribution in [3.8, 4) is 6.07 Å². The third kappa shape index (κ3) is 2.60. The molecule has 0 saturated carbocycles. The van der Waals surface area contributed by atoms with Gasteiger partial charge in [0.1, 0.15) is 0 Å². The van der Waals surface area contributed by atoms with Gasteiger partial charge in [-0.2, -0.15) is 5.26 Å². The fourth-order valence-electron chi connectivity index (χ4n) is 1.73. The maximum atomic E-state index is 11.5. The lowest BCUT2D eigenvalue weighted by molar-refractivity contribution is -0.153. The highest BCUT2D eigenvalue weighted by molar-refractivity contribution is 5.85. The van der Waals surface area contributed by atoms with Crippen LogP contribution in [0.25, 0.3) is 0 Å². The van der Waals surface area contributed by atoms with Crippen molar-refractivity contribution < 1.29 is 9.53 Å². The second-order valence-corrected chi connectivity index (χ2v) is 3.39. The van der Waals surface area contributed by atoms with Crippen LogP contribution in [0.1, 0.15) is 19.3 Å². The number of rotatable bonds is 2. The fourth-order valence-corrected chi connectivity index (χ4v) is 1.73. The van der Waals surface area contributed by atoms with E-state index in [2.05, 4.69) is 11.4 Å². The number of nitrogens with zero attached hydrogens (tertiary/aromatic N) is 1. The minimum Gasteiger partial charge on any atom is -0.469 e. The van der Waals surface area contributed by atoms with E-state index in [0.717, 1.165) is 19.4 Å². The zero-order valence-electron chi connectivity index (χ0n) is 8.21. The quantitative estimate of drug-likeness (QED) is 0.699. The topological polar surface area (TPSA) is 62.1 Å². The lowest BCUT2D eigenvalue weighted by Gasteiger charge is -2.32. The van der Waals surface area contributed by atoms with E-state index in [4.69, 9.17) is 10.00 Å². The number of piperidine rings is 1. The molecule has 1 fully saturated rings. The molecule has 1 heterocycles. The largest absolute Gasteiger partial charge is 0.469 e. The number of ether oxygens (including phenoxy) is 1. The zero-order chi connectivity index (χ0) is 9.73. The van der Waals surface area contributed by atoms with Crippen molar-refractivity contribution in [2.24, 2.45) is 5.41 Å². The van der Waals surface area contributed by atoms with Crippen LogP contribution in [0.15, 0.2) is 0 Å². The summed E-state index contributed by atoms with van der Waals surface area (Å²) in [5.41, 5.74) is -0.595. The Balaban J connectivity index is 0.00000169. The van der Waals surface area contributed by atoms with Gasteiger partial charge < -0.3 is 10.1 Å². The lowest BCUT2D eigenvalue weighted by Crippen LogP contribution is -2.45. The van der Waals surface area contributed by atoms with Crippen molar-refractivity contribution in [1.29, 1.82) is 5.26 Å². The van der Waals surface area contributed by atoms with Gasteiger partial charge in [0.2, 0.25) is 0 Å². The van der Waals surface area contributed by atoms with Crippen molar-refractivity contribution in [2.75, 3.05) is 20.2 Å². The maximum absolute atomic E-state index is 11.5. The summed E-state index contributed by atoms with van der Waals surface area (Å²) in [7, 11) is 1.37. The summed E-state index contributed by atoms with van der Waals surface area (Å²) >= 11 is 0. The van der Waals surface area contributed by atoms with Gasteiger partial charge in [-0.3, -0.25) is 4.79 Å². The summed E-state index contributed by atoms with van der Waals surface area (Å²) in [6, 6.07) is 2.05. The molecule has 0 aromatic rings. The SMILES string of the molecule is COC(=O)C1(CC#N)CCCNC1.Cl. The van der Waals surface area contributed by atoms with E-state index in [9.17, 15) is 4.79 Å². The second-order valence-electron chi connectivity index (χ2n) is 3.39. The Bertz CT molecular complexity index is 231. The normalized spacial score (nSPS) is 25.7. The van der Waals surface area contributed by atoms with Crippen LogP contribution in [-0.2, 0) is 9.53 Å². The van der Waals surface area contributed by atoms with E-state index >= 15 is 0 Å². The van der Waals surface area contributed by atoms with Crippen LogP contribution in [0, 0.1) is 16.7 Å². The number of halogens is 1. The molecule has 1 aliphatic heterocycles. The monoisotopic (exact) mass is 218 g/mol. The first kappa shape index (κ1) is 13.2. The summed E-state index contributed by atoms with van der Waals surface area (Å²) in [4.78, 5) is 11.5. The molecular weight excluding hydrogens is 204 g/mol. The fraction of sp³-hybridized carbons (Fsp3) is 0.778. The summed E-state index contributed by atoms with van der Waals surface area (Å²) in [5, 5.41) is 11.8. The number of esters is 1. The van der Waals surface area contributed by atoms with Crippen LogP contribution in [0.4, 0.5) is 0 Å². The highest BCUT2D eigenvalue weighted by Crippen LogP contribution is 2.31. The van der Waals surface area contributed by atoms with Crippen LogP contribution in [0.3, 0.4) is 0 Å². The van der Waals surface area contributed by atoms with E-state index in [-0.39, 0.29) is 24.8 Å². The van der Waals surface area contributed by atoms with E-state index in [1.165, 1.54) is 7.11 Å². The molecule has 1 saturated heterocycles. The third-order valence-electron chi connectivity index (χ3n) is 2.51. The Kier molecular flexibility index (Phi) is 5.51. The van der Waals surface area contributed by atoms with Gasteiger partial charge in [0.05, 0.1) is 25.0 Å². The molecule has 0 aromatic heterocycles. The van der Waals surface area contributed by atoms with E-state index in [0.29, 0.717) is 6.54 Å². The molecule has 80 valence electrons. The van der Waals surface area contributed by atoms with E-state index in [1.807, 2.05) is 0 Å². The average Bonchev–Trinajstić information content (AvgIpc) is 2.18. The van der Waals surface area contributed by atoms with E-state index < -0.39 is 5.41 Å². The molecule has 0 aromatic carbocycles. The smallest absolute Gasteiger partial charge is 0.314 e. The number of carbonyl (C=O) groups excluding carboxylic acids is 1. The molecular formula is C9H15ClN2O2. The molecule has 0 bridgehead atoms. The Hall–Kier alpha value is -0.790. The highest BCUT2D eigenvalue weighted by Gasteiger charge is 2.40. The summed E-state index contributed by atoms with van der Waals surface area (Å²) < 4.78 is 4.72. The van der Waals surface area contributed by atoms with Crippen LogP contribution in [0.2, 0.25) is 0 Å².